The van der Waals surface area contributed by atoms with Gasteiger partial charge in [0, 0.05) is 0 Å². The third-order valence-electron chi connectivity index (χ3n) is 1.17. The maximum Gasteiger partial charge on any atom is 0.234 e. The molecule has 0 atom stereocenters. The third-order valence-corrected chi connectivity index (χ3v) is 2.37. The fourth-order valence-corrected chi connectivity index (χ4v) is 1.19. The van der Waals surface area contributed by atoms with Gasteiger partial charge in [-0.3, -0.25) is 5.10 Å². The van der Waals surface area contributed by atoms with Gasteiger partial charge in [-0.1, -0.05) is 69.6 Å². The van der Waals surface area contributed by atoms with Crippen LogP contribution < -0.4 is 0 Å². The second kappa shape index (κ2) is 3.84. The van der Waals surface area contributed by atoms with Gasteiger partial charge in [0.05, 0.1) is 5.69 Å². The lowest BCUT2D eigenvalue weighted by Gasteiger charge is -2.06. The SMILES string of the molecule is ClC(Cl)(Cl)c1cc(C(Cl)(Cl)Cl)[nH]n1. The van der Waals surface area contributed by atoms with Crippen LogP contribution in [0.1, 0.15) is 11.4 Å². The molecule has 0 aliphatic rings. The van der Waals surface area contributed by atoms with E-state index in [4.69, 9.17) is 69.6 Å². The van der Waals surface area contributed by atoms with Gasteiger partial charge in [0.15, 0.2) is 0 Å². The van der Waals surface area contributed by atoms with E-state index in [0.717, 1.165) is 0 Å². The van der Waals surface area contributed by atoms with Crippen molar-refractivity contribution in [3.8, 4) is 0 Å². The van der Waals surface area contributed by atoms with E-state index in [1.807, 2.05) is 0 Å². The summed E-state index contributed by atoms with van der Waals surface area (Å²) in [5.74, 6) is 0. The van der Waals surface area contributed by atoms with E-state index >= 15 is 0 Å². The summed E-state index contributed by atoms with van der Waals surface area (Å²) in [6.07, 6.45) is 0. The molecule has 1 aromatic rings. The molecule has 0 radical (unpaired) electrons. The Morgan fingerprint density at radius 2 is 1.54 bits per heavy atom. The van der Waals surface area contributed by atoms with Crippen molar-refractivity contribution in [3.63, 3.8) is 0 Å². The van der Waals surface area contributed by atoms with Crippen molar-refractivity contribution in [2.45, 2.75) is 7.59 Å². The average molecular weight is 303 g/mol. The van der Waals surface area contributed by atoms with Crippen molar-refractivity contribution < 1.29 is 0 Å². The van der Waals surface area contributed by atoms with Crippen LogP contribution in [0.3, 0.4) is 0 Å². The summed E-state index contributed by atoms with van der Waals surface area (Å²) in [5.41, 5.74) is 0.428. The van der Waals surface area contributed by atoms with Gasteiger partial charge in [-0.15, -0.1) is 0 Å². The number of alkyl halides is 6. The van der Waals surface area contributed by atoms with Gasteiger partial charge in [-0.2, -0.15) is 5.10 Å². The number of nitrogens with one attached hydrogen (secondary N) is 1. The highest BCUT2D eigenvalue weighted by Crippen LogP contribution is 2.41. The summed E-state index contributed by atoms with van der Waals surface area (Å²) >= 11 is 33.3. The average Bonchev–Trinajstić information content (AvgIpc) is 2.28. The van der Waals surface area contributed by atoms with E-state index in [1.54, 1.807) is 0 Å². The van der Waals surface area contributed by atoms with Crippen molar-refractivity contribution >= 4 is 69.6 Å². The van der Waals surface area contributed by atoms with Gasteiger partial charge in [0.25, 0.3) is 0 Å². The minimum atomic E-state index is -1.62. The van der Waals surface area contributed by atoms with Crippen LogP contribution >= 0.6 is 69.6 Å². The second-order valence-corrected chi connectivity index (χ2v) is 6.72. The quantitative estimate of drug-likeness (QED) is 0.719. The Bertz CT molecular complexity index is 266. The van der Waals surface area contributed by atoms with Crippen molar-refractivity contribution in [1.29, 1.82) is 0 Å². The van der Waals surface area contributed by atoms with Crippen molar-refractivity contribution in [3.05, 3.63) is 17.5 Å². The first kappa shape index (κ1) is 12.0. The number of H-pyrrole nitrogens is 1. The van der Waals surface area contributed by atoms with E-state index in [-0.39, 0.29) is 11.4 Å². The van der Waals surface area contributed by atoms with Crippen LogP contribution in [0.4, 0.5) is 0 Å². The van der Waals surface area contributed by atoms with Crippen LogP contribution in [0.15, 0.2) is 6.07 Å². The van der Waals surface area contributed by atoms with Gasteiger partial charge in [0.1, 0.15) is 5.69 Å². The molecule has 13 heavy (non-hydrogen) atoms. The van der Waals surface area contributed by atoms with Crippen LogP contribution in [-0.4, -0.2) is 10.2 Å². The first-order chi connectivity index (χ1) is 5.71. The normalized spacial score (nSPS) is 13.4. The zero-order valence-corrected chi connectivity index (χ0v) is 10.3. The molecule has 0 amide bonds. The van der Waals surface area contributed by atoms with Gasteiger partial charge < -0.3 is 0 Å². The van der Waals surface area contributed by atoms with Crippen LogP contribution in [0.25, 0.3) is 0 Å². The van der Waals surface area contributed by atoms with E-state index in [0.29, 0.717) is 0 Å². The third kappa shape index (κ3) is 3.22. The van der Waals surface area contributed by atoms with Crippen LogP contribution in [0.2, 0.25) is 0 Å². The Morgan fingerprint density at radius 1 is 1.00 bits per heavy atom. The molecule has 0 aromatic carbocycles. The highest BCUT2D eigenvalue weighted by Gasteiger charge is 2.31. The molecule has 0 saturated carbocycles. The molecule has 2 nitrogen and oxygen atoms in total. The lowest BCUT2D eigenvalue weighted by atomic mass is 10.4. The molecule has 1 rings (SSSR count). The maximum atomic E-state index is 5.55. The number of halogens is 6. The monoisotopic (exact) mass is 300 g/mol. The summed E-state index contributed by atoms with van der Waals surface area (Å²) in [4.78, 5) is 0. The number of aromatic amines is 1. The largest absolute Gasteiger partial charge is 0.278 e. The highest BCUT2D eigenvalue weighted by atomic mass is 35.6. The minimum Gasteiger partial charge on any atom is -0.278 e. The summed E-state index contributed by atoms with van der Waals surface area (Å²) in [6.45, 7) is 0. The van der Waals surface area contributed by atoms with Gasteiger partial charge in [-0.05, 0) is 6.07 Å². The number of aromatic nitrogens is 2. The van der Waals surface area contributed by atoms with Gasteiger partial charge in [0.2, 0.25) is 7.59 Å². The molecule has 0 aliphatic heterocycles. The number of hydrogen-bond acceptors (Lipinski definition) is 1. The number of rotatable bonds is 0. The molecule has 0 spiro atoms. The Labute approximate surface area is 104 Å². The summed E-state index contributed by atoms with van der Waals surface area (Å²) in [6, 6.07) is 1.38. The highest BCUT2D eigenvalue weighted by molar-refractivity contribution is 6.67. The molecule has 1 aromatic heterocycles. The molecule has 1 heterocycles. The molecule has 1 N–H and O–H groups in total. The van der Waals surface area contributed by atoms with Gasteiger partial charge >= 0.3 is 0 Å². The van der Waals surface area contributed by atoms with Crippen LogP contribution in [-0.2, 0) is 7.59 Å². The fourth-order valence-electron chi connectivity index (χ4n) is 0.612. The van der Waals surface area contributed by atoms with Crippen molar-refractivity contribution in [1.82, 2.24) is 10.2 Å². The number of hydrogen-bond donors (Lipinski definition) is 1. The zero-order valence-electron chi connectivity index (χ0n) is 5.79. The maximum absolute atomic E-state index is 5.55. The minimum absolute atomic E-state index is 0.179. The zero-order chi connectivity index (χ0) is 10.3. The summed E-state index contributed by atoms with van der Waals surface area (Å²) in [5, 5.41) is 6.13. The van der Waals surface area contributed by atoms with E-state index in [9.17, 15) is 0 Å². The standard InChI is InChI=1S/C5H2Cl6N2/c6-4(7,8)2-1-3(13-12-2)5(9,10)11/h1H,(H,12,13). The Morgan fingerprint density at radius 3 is 1.77 bits per heavy atom. The molecule has 0 bridgehead atoms. The molecule has 0 saturated heterocycles. The van der Waals surface area contributed by atoms with Gasteiger partial charge in [-0.25, -0.2) is 0 Å². The van der Waals surface area contributed by atoms with E-state index < -0.39 is 7.59 Å². The molecule has 0 aliphatic carbocycles. The molecular formula is C5H2Cl6N2. The molecular weight excluding hydrogens is 301 g/mol. The summed E-state index contributed by atoms with van der Waals surface area (Å²) in [7, 11) is 0. The lowest BCUT2D eigenvalue weighted by molar-refractivity contribution is 0.958. The smallest absolute Gasteiger partial charge is 0.234 e. The first-order valence-electron chi connectivity index (χ1n) is 2.91. The van der Waals surface area contributed by atoms with E-state index in [2.05, 4.69) is 10.2 Å². The van der Waals surface area contributed by atoms with Crippen LogP contribution in [0, 0.1) is 0 Å². The lowest BCUT2D eigenvalue weighted by Crippen LogP contribution is -2.00. The summed E-state index contributed by atoms with van der Waals surface area (Å²) < 4.78 is -3.22. The molecule has 74 valence electrons. The predicted molar refractivity (Wildman–Crippen MR) is 57.1 cm³/mol. The molecule has 0 fully saturated rings. The second-order valence-electron chi connectivity index (χ2n) is 2.16. The topological polar surface area (TPSA) is 28.7 Å². The Balaban J connectivity index is 3.01. The predicted octanol–water partition coefficient (Wildman–Crippen LogP) is 4.06. The van der Waals surface area contributed by atoms with E-state index in [1.165, 1.54) is 6.07 Å². The first-order valence-corrected chi connectivity index (χ1v) is 5.18. The Hall–Kier alpha value is 0.950. The molecule has 8 heteroatoms. The van der Waals surface area contributed by atoms with Crippen molar-refractivity contribution in [2.75, 3.05) is 0 Å². The molecule has 0 unspecified atom stereocenters. The van der Waals surface area contributed by atoms with Crippen molar-refractivity contribution in [2.24, 2.45) is 0 Å². The fraction of sp³-hybridized carbons (Fsp3) is 0.400. The number of nitrogens with zero attached hydrogens (tertiary/aromatic N) is 1. The van der Waals surface area contributed by atoms with Crippen LogP contribution in [0.5, 0.6) is 0 Å². The Kier molecular flexibility index (Phi) is 3.55.